The molecule has 18 heavy (non-hydrogen) atoms. The van der Waals surface area contributed by atoms with Crippen molar-refractivity contribution in [2.45, 2.75) is 26.7 Å². The smallest absolute Gasteiger partial charge is 0.251 e. The standard InChI is InChI=1S/C14H22N2O2/c1-10(2)5-4-8-16-14(17)11-6-7-13(18-3)12(15)9-11/h6-7,9-10H,4-5,8,15H2,1-3H3,(H,16,17). The van der Waals surface area contributed by atoms with Crippen molar-refractivity contribution in [1.82, 2.24) is 5.32 Å². The van der Waals surface area contributed by atoms with Crippen molar-refractivity contribution in [2.75, 3.05) is 19.4 Å². The van der Waals surface area contributed by atoms with E-state index in [-0.39, 0.29) is 5.91 Å². The zero-order chi connectivity index (χ0) is 13.5. The molecule has 0 aromatic heterocycles. The highest BCUT2D eigenvalue weighted by Crippen LogP contribution is 2.21. The van der Waals surface area contributed by atoms with E-state index in [1.807, 2.05) is 0 Å². The Morgan fingerprint density at radius 1 is 1.44 bits per heavy atom. The van der Waals surface area contributed by atoms with Crippen LogP contribution in [0.2, 0.25) is 0 Å². The van der Waals surface area contributed by atoms with Crippen LogP contribution in [-0.4, -0.2) is 19.6 Å². The minimum atomic E-state index is -0.0897. The third kappa shape index (κ3) is 4.28. The Morgan fingerprint density at radius 3 is 2.72 bits per heavy atom. The first kappa shape index (κ1) is 14.4. The number of nitrogen functional groups attached to an aromatic ring is 1. The molecule has 1 amide bonds. The Hall–Kier alpha value is -1.71. The molecular formula is C14H22N2O2. The molecule has 0 spiro atoms. The number of hydrogen-bond donors (Lipinski definition) is 2. The molecule has 0 fully saturated rings. The molecule has 3 N–H and O–H groups in total. The van der Waals surface area contributed by atoms with Crippen LogP contribution in [0.5, 0.6) is 5.75 Å². The predicted octanol–water partition coefficient (Wildman–Crippen LogP) is 2.44. The molecule has 1 rings (SSSR count). The van der Waals surface area contributed by atoms with Crippen LogP contribution < -0.4 is 15.8 Å². The maximum atomic E-state index is 11.8. The number of carbonyl (C=O) groups excluding carboxylic acids is 1. The van der Waals surface area contributed by atoms with E-state index in [4.69, 9.17) is 10.5 Å². The second kappa shape index (κ2) is 6.89. The Bertz CT molecular complexity index is 403. The Labute approximate surface area is 109 Å². The van der Waals surface area contributed by atoms with E-state index in [0.717, 1.165) is 12.8 Å². The lowest BCUT2D eigenvalue weighted by Gasteiger charge is -2.09. The van der Waals surface area contributed by atoms with Gasteiger partial charge in [-0.15, -0.1) is 0 Å². The maximum absolute atomic E-state index is 11.8. The number of ether oxygens (including phenoxy) is 1. The molecule has 0 heterocycles. The zero-order valence-corrected chi connectivity index (χ0v) is 11.3. The van der Waals surface area contributed by atoms with E-state index >= 15 is 0 Å². The summed E-state index contributed by atoms with van der Waals surface area (Å²) >= 11 is 0. The average molecular weight is 250 g/mol. The van der Waals surface area contributed by atoms with Gasteiger partial charge in [-0.25, -0.2) is 0 Å². The fraction of sp³-hybridized carbons (Fsp3) is 0.500. The maximum Gasteiger partial charge on any atom is 0.251 e. The van der Waals surface area contributed by atoms with Crippen LogP contribution in [0.1, 0.15) is 37.0 Å². The SMILES string of the molecule is COc1ccc(C(=O)NCCCC(C)C)cc1N. The average Bonchev–Trinajstić information content (AvgIpc) is 2.34. The number of nitrogens with one attached hydrogen (secondary N) is 1. The highest BCUT2D eigenvalue weighted by Gasteiger charge is 2.07. The van der Waals surface area contributed by atoms with Crippen LogP contribution in [0.3, 0.4) is 0 Å². The fourth-order valence-corrected chi connectivity index (χ4v) is 1.69. The highest BCUT2D eigenvalue weighted by molar-refractivity contribution is 5.95. The molecular weight excluding hydrogens is 228 g/mol. The van der Waals surface area contributed by atoms with E-state index in [1.54, 1.807) is 25.3 Å². The Balaban J connectivity index is 2.49. The van der Waals surface area contributed by atoms with Crippen LogP contribution in [0.25, 0.3) is 0 Å². The number of carbonyl (C=O) groups is 1. The third-order valence-electron chi connectivity index (χ3n) is 2.74. The number of nitrogens with two attached hydrogens (primary N) is 1. The van der Waals surface area contributed by atoms with Gasteiger partial charge >= 0.3 is 0 Å². The summed E-state index contributed by atoms with van der Waals surface area (Å²) in [4.78, 5) is 11.8. The van der Waals surface area contributed by atoms with Gasteiger partial charge in [-0.1, -0.05) is 13.8 Å². The predicted molar refractivity (Wildman–Crippen MR) is 73.8 cm³/mol. The van der Waals surface area contributed by atoms with E-state index in [0.29, 0.717) is 29.5 Å². The summed E-state index contributed by atoms with van der Waals surface area (Å²) < 4.78 is 5.05. The molecule has 1 aromatic rings. The molecule has 0 bridgehead atoms. The molecule has 100 valence electrons. The van der Waals surface area contributed by atoms with E-state index in [1.165, 1.54) is 0 Å². The molecule has 4 heteroatoms. The van der Waals surface area contributed by atoms with Gasteiger partial charge in [-0.3, -0.25) is 4.79 Å². The quantitative estimate of drug-likeness (QED) is 0.602. The van der Waals surface area contributed by atoms with Crippen molar-refractivity contribution in [3.63, 3.8) is 0 Å². The summed E-state index contributed by atoms with van der Waals surface area (Å²) in [6.45, 7) is 5.04. The highest BCUT2D eigenvalue weighted by atomic mass is 16.5. The van der Waals surface area contributed by atoms with Crippen molar-refractivity contribution >= 4 is 11.6 Å². The summed E-state index contributed by atoms with van der Waals surface area (Å²) in [5.74, 6) is 1.16. The van der Waals surface area contributed by atoms with Crippen molar-refractivity contribution in [1.29, 1.82) is 0 Å². The number of hydrogen-bond acceptors (Lipinski definition) is 3. The second-order valence-electron chi connectivity index (χ2n) is 4.75. The molecule has 1 aromatic carbocycles. The molecule has 0 atom stereocenters. The van der Waals surface area contributed by atoms with Gasteiger partial charge in [0.05, 0.1) is 12.8 Å². The van der Waals surface area contributed by atoms with Crippen molar-refractivity contribution in [2.24, 2.45) is 5.92 Å². The largest absolute Gasteiger partial charge is 0.495 e. The summed E-state index contributed by atoms with van der Waals surface area (Å²) in [5.41, 5.74) is 6.81. The molecule has 0 unspecified atom stereocenters. The van der Waals surface area contributed by atoms with Crippen molar-refractivity contribution < 1.29 is 9.53 Å². The van der Waals surface area contributed by atoms with Crippen LogP contribution in [0.4, 0.5) is 5.69 Å². The number of amides is 1. The molecule has 0 aliphatic rings. The first-order chi connectivity index (χ1) is 8.54. The lowest BCUT2D eigenvalue weighted by Crippen LogP contribution is -2.24. The second-order valence-corrected chi connectivity index (χ2v) is 4.75. The lowest BCUT2D eigenvalue weighted by molar-refractivity contribution is 0.0952. The number of anilines is 1. The number of methoxy groups -OCH3 is 1. The van der Waals surface area contributed by atoms with E-state index in [9.17, 15) is 4.79 Å². The topological polar surface area (TPSA) is 64.3 Å². The van der Waals surface area contributed by atoms with Gasteiger partial charge in [0, 0.05) is 12.1 Å². The van der Waals surface area contributed by atoms with Crippen molar-refractivity contribution in [3.05, 3.63) is 23.8 Å². The van der Waals surface area contributed by atoms with Crippen LogP contribution >= 0.6 is 0 Å². The summed E-state index contributed by atoms with van der Waals surface area (Å²) in [5, 5.41) is 2.88. The van der Waals surface area contributed by atoms with Gasteiger partial charge in [0.15, 0.2) is 0 Å². The van der Waals surface area contributed by atoms with Gasteiger partial charge in [0.1, 0.15) is 5.75 Å². The summed E-state index contributed by atoms with van der Waals surface area (Å²) in [6, 6.07) is 5.06. The van der Waals surface area contributed by atoms with E-state index in [2.05, 4.69) is 19.2 Å². The van der Waals surface area contributed by atoms with Gasteiger partial charge in [0.25, 0.3) is 5.91 Å². The first-order valence-corrected chi connectivity index (χ1v) is 6.26. The van der Waals surface area contributed by atoms with Crippen LogP contribution in [0.15, 0.2) is 18.2 Å². The Kier molecular flexibility index (Phi) is 5.49. The van der Waals surface area contributed by atoms with Gasteiger partial charge in [0.2, 0.25) is 0 Å². The number of rotatable bonds is 6. The first-order valence-electron chi connectivity index (χ1n) is 6.26. The summed E-state index contributed by atoms with van der Waals surface area (Å²) in [7, 11) is 1.55. The monoisotopic (exact) mass is 250 g/mol. The summed E-state index contributed by atoms with van der Waals surface area (Å²) in [6.07, 6.45) is 2.11. The van der Waals surface area contributed by atoms with E-state index < -0.39 is 0 Å². The lowest BCUT2D eigenvalue weighted by atomic mass is 10.1. The molecule has 0 radical (unpaired) electrons. The normalized spacial score (nSPS) is 10.4. The third-order valence-corrected chi connectivity index (χ3v) is 2.74. The van der Waals surface area contributed by atoms with Gasteiger partial charge in [-0.2, -0.15) is 0 Å². The zero-order valence-electron chi connectivity index (χ0n) is 11.3. The van der Waals surface area contributed by atoms with Gasteiger partial charge < -0.3 is 15.8 Å². The van der Waals surface area contributed by atoms with Crippen LogP contribution in [0, 0.1) is 5.92 Å². The minimum Gasteiger partial charge on any atom is -0.495 e. The molecule has 0 saturated heterocycles. The molecule has 0 saturated carbocycles. The minimum absolute atomic E-state index is 0.0897. The number of benzene rings is 1. The van der Waals surface area contributed by atoms with Crippen LogP contribution in [-0.2, 0) is 0 Å². The Morgan fingerprint density at radius 2 is 2.17 bits per heavy atom. The fourth-order valence-electron chi connectivity index (χ4n) is 1.69. The van der Waals surface area contributed by atoms with Crippen molar-refractivity contribution in [3.8, 4) is 5.75 Å². The van der Waals surface area contributed by atoms with Gasteiger partial charge in [-0.05, 0) is 37.0 Å². The molecule has 0 aliphatic heterocycles. The molecule has 4 nitrogen and oxygen atoms in total. The molecule has 0 aliphatic carbocycles.